The number of hydrogen-bond acceptors (Lipinski definition) is 12. The lowest BCUT2D eigenvalue weighted by atomic mass is 9.84. The molecule has 0 aliphatic carbocycles. The first-order valence-electron chi connectivity index (χ1n) is 13.1. The van der Waals surface area contributed by atoms with Gasteiger partial charge in [0.25, 0.3) is 0 Å². The third-order valence-electron chi connectivity index (χ3n) is 6.54. The van der Waals surface area contributed by atoms with Gasteiger partial charge >= 0.3 is 24.2 Å². The minimum Gasteiger partial charge on any atom is -0.432 e. The Hall–Kier alpha value is -4.16. The topological polar surface area (TPSA) is 142 Å². The maximum absolute atomic E-state index is 12.0. The minimum absolute atomic E-state index is 0.199. The molecule has 0 bridgehead atoms. The Morgan fingerprint density at radius 1 is 0.585 bits per heavy atom. The highest BCUT2D eigenvalue weighted by Crippen LogP contribution is 2.28. The van der Waals surface area contributed by atoms with Crippen LogP contribution in [0, 0.1) is 5.41 Å². The van der Waals surface area contributed by atoms with Gasteiger partial charge in [-0.3, -0.25) is 9.78 Å². The van der Waals surface area contributed by atoms with Crippen LogP contribution in [0.15, 0.2) is 48.5 Å². The Balaban J connectivity index is 1.71. The van der Waals surface area contributed by atoms with Crippen LogP contribution in [0.2, 0.25) is 0 Å². The quantitative estimate of drug-likeness (QED) is 0.133. The lowest BCUT2D eigenvalue weighted by Crippen LogP contribution is -2.33. The van der Waals surface area contributed by atoms with Crippen LogP contribution in [-0.4, -0.2) is 37.5 Å². The maximum Gasteiger partial charge on any atom is 0.543 e. The van der Waals surface area contributed by atoms with Crippen LogP contribution in [0.5, 0.6) is 0 Å². The van der Waals surface area contributed by atoms with Crippen molar-refractivity contribution in [3.63, 3.8) is 0 Å². The van der Waals surface area contributed by atoms with Gasteiger partial charge in [-0.1, -0.05) is 65.8 Å². The Labute approximate surface area is 238 Å². The van der Waals surface area contributed by atoms with Crippen molar-refractivity contribution in [2.75, 3.05) is 13.2 Å². The van der Waals surface area contributed by atoms with Gasteiger partial charge in [-0.2, -0.15) is 0 Å². The van der Waals surface area contributed by atoms with Crippen molar-refractivity contribution < 1.29 is 58.3 Å². The second kappa shape index (κ2) is 16.2. The summed E-state index contributed by atoms with van der Waals surface area (Å²) in [6, 6.07) is 13.3. The summed E-state index contributed by atoms with van der Waals surface area (Å²) in [5.41, 5.74) is 1.65. The fourth-order valence-corrected chi connectivity index (χ4v) is 3.43. The Bertz CT molecular complexity index is 1050. The highest BCUT2D eigenvalue weighted by molar-refractivity contribution is 5.89. The molecule has 0 aromatic heterocycles. The van der Waals surface area contributed by atoms with Crippen molar-refractivity contribution in [3.8, 4) is 0 Å². The van der Waals surface area contributed by atoms with Crippen molar-refractivity contribution in [2.45, 2.75) is 66.2 Å². The molecule has 0 radical (unpaired) electrons. The summed E-state index contributed by atoms with van der Waals surface area (Å²) in [5.74, 6) is -1.15. The first kappa shape index (κ1) is 33.0. The number of carbonyl (C=O) groups is 4. The van der Waals surface area contributed by atoms with Crippen molar-refractivity contribution >= 4 is 24.2 Å². The summed E-state index contributed by atoms with van der Waals surface area (Å²) in [5, 5.41) is 8.49. The van der Waals surface area contributed by atoms with Gasteiger partial charge in [0.05, 0.1) is 21.2 Å². The van der Waals surface area contributed by atoms with Gasteiger partial charge in [0.15, 0.2) is 0 Å². The van der Waals surface area contributed by atoms with E-state index in [1.807, 2.05) is 27.7 Å². The zero-order chi connectivity index (χ0) is 30.4. The predicted molar refractivity (Wildman–Crippen MR) is 142 cm³/mol. The van der Waals surface area contributed by atoms with Gasteiger partial charge in [-0.25, -0.2) is 29.0 Å². The van der Waals surface area contributed by atoms with Crippen molar-refractivity contribution in [1.82, 2.24) is 0 Å². The molecule has 0 amide bonds. The van der Waals surface area contributed by atoms with Gasteiger partial charge in [-0.15, -0.1) is 0 Å². The average molecular weight is 577 g/mol. The number of hydrogen-bond donors (Lipinski definition) is 0. The molecule has 0 unspecified atom stereocenters. The van der Waals surface area contributed by atoms with Crippen LogP contribution in [0.3, 0.4) is 0 Å². The molecule has 0 N–H and O–H groups in total. The highest BCUT2D eigenvalue weighted by Gasteiger charge is 2.31. The van der Waals surface area contributed by atoms with Gasteiger partial charge in [0.2, 0.25) is 0 Å². The Morgan fingerprint density at radius 2 is 0.927 bits per heavy atom. The van der Waals surface area contributed by atoms with E-state index in [9.17, 15) is 19.2 Å². The lowest BCUT2D eigenvalue weighted by Gasteiger charge is -2.29. The molecule has 0 saturated heterocycles. The van der Waals surface area contributed by atoms with Crippen LogP contribution in [0.4, 0.5) is 9.59 Å². The van der Waals surface area contributed by atoms with Crippen LogP contribution in [0.25, 0.3) is 0 Å². The minimum atomic E-state index is -1.28. The Kier molecular flexibility index (Phi) is 13.0. The van der Waals surface area contributed by atoms with E-state index in [0.717, 1.165) is 11.1 Å². The monoisotopic (exact) mass is 576 g/mol. The zero-order valence-corrected chi connectivity index (χ0v) is 24.0. The Morgan fingerprint density at radius 3 is 1.22 bits per heavy atom. The molecule has 0 atom stereocenters. The molecule has 2 aromatic rings. The standard InChI is InChI=1S/C29H36O12/c1-7-29(8-2,17-34-27(32)38-40-36-25(30)23-13-9-21(10-14-23)19(3)4)18-35-28(33)39-41-37-26(31)24-15-11-22(12-16-24)20(5)6/h9-16,19-20H,7-8,17-18H2,1-6H3. The molecule has 12 nitrogen and oxygen atoms in total. The van der Waals surface area contributed by atoms with E-state index in [-0.39, 0.29) is 24.3 Å². The normalized spacial score (nSPS) is 11.1. The fourth-order valence-electron chi connectivity index (χ4n) is 3.43. The number of ether oxygens (including phenoxy) is 2. The van der Waals surface area contributed by atoms with Crippen molar-refractivity contribution in [1.29, 1.82) is 0 Å². The molecule has 0 aliphatic heterocycles. The molecule has 0 aliphatic rings. The molecular formula is C29H36O12. The summed E-state index contributed by atoms with van der Waals surface area (Å²) < 4.78 is 10.1. The SMILES string of the molecule is CCC(CC)(COC(=O)OOOC(=O)c1ccc(C(C)C)cc1)COC(=O)OOOC(=O)c1ccc(C(C)C)cc1. The molecule has 224 valence electrons. The van der Waals surface area contributed by atoms with Crippen molar-refractivity contribution in [3.05, 3.63) is 70.8 Å². The van der Waals surface area contributed by atoms with Crippen molar-refractivity contribution in [2.24, 2.45) is 5.41 Å². The lowest BCUT2D eigenvalue weighted by molar-refractivity contribution is -0.453. The third kappa shape index (κ3) is 10.7. The highest BCUT2D eigenvalue weighted by atomic mass is 17.5. The zero-order valence-electron chi connectivity index (χ0n) is 24.0. The third-order valence-corrected chi connectivity index (χ3v) is 6.54. The van der Waals surface area contributed by atoms with E-state index in [4.69, 9.17) is 9.47 Å². The summed E-state index contributed by atoms with van der Waals surface area (Å²) in [6.07, 6.45) is -1.71. The number of benzene rings is 2. The van der Waals surface area contributed by atoms with Crippen LogP contribution < -0.4 is 0 Å². The summed E-state index contributed by atoms with van der Waals surface area (Å²) >= 11 is 0. The van der Waals surface area contributed by atoms with E-state index in [2.05, 4.69) is 29.6 Å². The second-order valence-electron chi connectivity index (χ2n) is 9.88. The average Bonchev–Trinajstić information content (AvgIpc) is 2.97. The molecule has 0 saturated carbocycles. The first-order valence-corrected chi connectivity index (χ1v) is 13.1. The second-order valence-corrected chi connectivity index (χ2v) is 9.88. The molecule has 0 heterocycles. The molecule has 2 aromatic carbocycles. The largest absolute Gasteiger partial charge is 0.543 e. The molecule has 0 fully saturated rings. The van der Waals surface area contributed by atoms with Crippen LogP contribution in [-0.2, 0) is 39.1 Å². The summed E-state index contributed by atoms with van der Waals surface area (Å²) in [7, 11) is 0. The fraction of sp³-hybridized carbons (Fsp3) is 0.448. The number of carbonyl (C=O) groups excluding carboxylic acids is 4. The van der Waals surface area contributed by atoms with E-state index >= 15 is 0 Å². The molecular weight excluding hydrogens is 540 g/mol. The van der Waals surface area contributed by atoms with Gasteiger partial charge in [0.1, 0.15) is 13.2 Å². The molecule has 41 heavy (non-hydrogen) atoms. The van der Waals surface area contributed by atoms with Gasteiger partial charge in [0, 0.05) is 5.41 Å². The first-order chi connectivity index (χ1) is 19.5. The van der Waals surface area contributed by atoms with Gasteiger partial charge < -0.3 is 9.47 Å². The maximum atomic E-state index is 12.0. The van der Waals surface area contributed by atoms with Crippen LogP contribution in [0.1, 0.15) is 98.1 Å². The molecule has 2 rings (SSSR count). The molecule has 12 heteroatoms. The van der Waals surface area contributed by atoms with Gasteiger partial charge in [-0.05, 0) is 60.1 Å². The van der Waals surface area contributed by atoms with E-state index in [1.165, 1.54) is 0 Å². The predicted octanol–water partition coefficient (Wildman–Crippen LogP) is 6.75. The number of rotatable bonds is 14. The molecule has 0 spiro atoms. The van der Waals surface area contributed by atoms with E-state index in [0.29, 0.717) is 24.7 Å². The van der Waals surface area contributed by atoms with E-state index in [1.54, 1.807) is 62.4 Å². The van der Waals surface area contributed by atoms with E-state index < -0.39 is 29.7 Å². The smallest absolute Gasteiger partial charge is 0.432 e. The summed E-state index contributed by atoms with van der Waals surface area (Å²) in [6.45, 7) is 11.2. The van der Waals surface area contributed by atoms with Crippen LogP contribution >= 0.6 is 0 Å². The summed E-state index contributed by atoms with van der Waals surface area (Å²) in [4.78, 5) is 65.4.